The summed E-state index contributed by atoms with van der Waals surface area (Å²) in [5.74, 6) is 0.0375. The van der Waals surface area contributed by atoms with Crippen molar-refractivity contribution in [3.05, 3.63) is 34.7 Å². The van der Waals surface area contributed by atoms with Gasteiger partial charge in [-0.2, -0.15) is 0 Å². The van der Waals surface area contributed by atoms with E-state index in [1.807, 2.05) is 0 Å². The molecular formula is C12H13ClFN3OS. The molecule has 1 N–H and O–H groups in total. The standard InChI is InChI=1S/C12H13ClFN3OS/c1-2-5-15-12-10(16-17-19-12)7-18-11-4-3-8(14)6-9(11)13/h3-4,6,15H,2,5,7H2,1H3. The van der Waals surface area contributed by atoms with Crippen LogP contribution in [0.3, 0.4) is 0 Å². The van der Waals surface area contributed by atoms with E-state index in [-0.39, 0.29) is 11.6 Å². The Bertz CT molecular complexity index is 550. The van der Waals surface area contributed by atoms with Gasteiger partial charge >= 0.3 is 0 Å². The van der Waals surface area contributed by atoms with Crippen molar-refractivity contribution in [2.45, 2.75) is 20.0 Å². The predicted molar refractivity (Wildman–Crippen MR) is 74.4 cm³/mol. The molecule has 0 bridgehead atoms. The van der Waals surface area contributed by atoms with Crippen LogP contribution in [0, 0.1) is 5.82 Å². The van der Waals surface area contributed by atoms with Gasteiger partial charge in [-0.15, -0.1) is 5.10 Å². The molecule has 4 nitrogen and oxygen atoms in total. The molecule has 1 heterocycles. The molecule has 0 fully saturated rings. The second kappa shape index (κ2) is 6.68. The van der Waals surface area contributed by atoms with Crippen molar-refractivity contribution >= 4 is 28.1 Å². The second-order valence-electron chi connectivity index (χ2n) is 3.84. The third-order valence-corrected chi connectivity index (χ3v) is 3.37. The number of ether oxygens (including phenoxy) is 1. The highest BCUT2D eigenvalue weighted by Gasteiger charge is 2.10. The lowest BCUT2D eigenvalue weighted by Crippen LogP contribution is -2.04. The van der Waals surface area contributed by atoms with Crippen molar-refractivity contribution in [3.8, 4) is 5.75 Å². The van der Waals surface area contributed by atoms with Gasteiger partial charge in [0, 0.05) is 18.1 Å². The predicted octanol–water partition coefficient (Wildman–Crippen LogP) is 3.73. The largest absolute Gasteiger partial charge is 0.486 e. The van der Waals surface area contributed by atoms with Gasteiger partial charge in [0.2, 0.25) is 0 Å². The SMILES string of the molecule is CCCNc1snnc1COc1ccc(F)cc1Cl. The van der Waals surface area contributed by atoms with Gasteiger partial charge in [0.15, 0.2) is 0 Å². The Kier molecular flexibility index (Phi) is 4.93. The fourth-order valence-electron chi connectivity index (χ4n) is 1.41. The molecule has 0 spiro atoms. The van der Waals surface area contributed by atoms with Gasteiger partial charge < -0.3 is 10.1 Å². The summed E-state index contributed by atoms with van der Waals surface area (Å²) in [6.45, 7) is 3.18. The first-order valence-corrected chi connectivity index (χ1v) is 6.98. The zero-order valence-corrected chi connectivity index (χ0v) is 11.9. The lowest BCUT2D eigenvalue weighted by Gasteiger charge is -2.08. The Balaban J connectivity index is 2.00. The zero-order chi connectivity index (χ0) is 13.7. The van der Waals surface area contributed by atoms with E-state index in [9.17, 15) is 4.39 Å². The third-order valence-electron chi connectivity index (χ3n) is 2.35. The molecule has 2 rings (SSSR count). The molecule has 0 aliphatic rings. The summed E-state index contributed by atoms with van der Waals surface area (Å²) in [5.41, 5.74) is 0.721. The highest BCUT2D eigenvalue weighted by molar-refractivity contribution is 7.10. The van der Waals surface area contributed by atoms with Gasteiger partial charge in [-0.1, -0.05) is 23.0 Å². The van der Waals surface area contributed by atoms with E-state index in [1.54, 1.807) is 0 Å². The number of hydrogen-bond acceptors (Lipinski definition) is 5. The zero-order valence-electron chi connectivity index (χ0n) is 10.3. The van der Waals surface area contributed by atoms with Gasteiger partial charge in [0.25, 0.3) is 0 Å². The minimum absolute atomic E-state index is 0.242. The molecule has 0 aliphatic heterocycles. The Hall–Kier alpha value is -1.40. The summed E-state index contributed by atoms with van der Waals surface area (Å²) in [6, 6.07) is 4.01. The van der Waals surface area contributed by atoms with Crippen molar-refractivity contribution in [2.24, 2.45) is 0 Å². The van der Waals surface area contributed by atoms with Crippen LogP contribution in [0.25, 0.3) is 0 Å². The van der Waals surface area contributed by atoms with Crippen LogP contribution >= 0.6 is 23.1 Å². The van der Waals surface area contributed by atoms with E-state index in [0.29, 0.717) is 5.75 Å². The van der Waals surface area contributed by atoms with Gasteiger partial charge in [-0.05, 0) is 24.6 Å². The molecule has 102 valence electrons. The lowest BCUT2D eigenvalue weighted by atomic mass is 10.3. The number of nitrogens with one attached hydrogen (secondary N) is 1. The summed E-state index contributed by atoms with van der Waals surface area (Å²) in [4.78, 5) is 0. The minimum Gasteiger partial charge on any atom is -0.486 e. The summed E-state index contributed by atoms with van der Waals surface area (Å²) >= 11 is 7.17. The van der Waals surface area contributed by atoms with Gasteiger partial charge in [0.1, 0.15) is 28.9 Å². The van der Waals surface area contributed by atoms with Crippen molar-refractivity contribution in [1.29, 1.82) is 0 Å². The van der Waals surface area contributed by atoms with E-state index in [4.69, 9.17) is 16.3 Å². The van der Waals surface area contributed by atoms with Crippen LogP contribution in [-0.4, -0.2) is 16.1 Å². The highest BCUT2D eigenvalue weighted by Crippen LogP contribution is 2.27. The van der Waals surface area contributed by atoms with Crippen molar-refractivity contribution in [2.75, 3.05) is 11.9 Å². The summed E-state index contributed by atoms with van der Waals surface area (Å²) in [6.07, 6.45) is 1.02. The Morgan fingerprint density at radius 2 is 2.32 bits per heavy atom. The Labute approximate surface area is 119 Å². The number of hydrogen-bond donors (Lipinski definition) is 1. The molecular weight excluding hydrogens is 289 g/mol. The first-order chi connectivity index (χ1) is 9.20. The average Bonchev–Trinajstić information content (AvgIpc) is 2.83. The van der Waals surface area contributed by atoms with Crippen LogP contribution < -0.4 is 10.1 Å². The molecule has 0 atom stereocenters. The van der Waals surface area contributed by atoms with Crippen molar-refractivity contribution in [3.63, 3.8) is 0 Å². The fourth-order valence-corrected chi connectivity index (χ4v) is 2.23. The van der Waals surface area contributed by atoms with Crippen LogP contribution in [0.5, 0.6) is 5.75 Å². The number of nitrogens with zero attached hydrogens (tertiary/aromatic N) is 2. The fraction of sp³-hybridized carbons (Fsp3) is 0.333. The molecule has 1 aromatic carbocycles. The minimum atomic E-state index is -0.391. The van der Waals surface area contributed by atoms with E-state index in [2.05, 4.69) is 21.8 Å². The molecule has 1 aromatic heterocycles. The summed E-state index contributed by atoms with van der Waals surface area (Å²) in [7, 11) is 0. The molecule has 19 heavy (non-hydrogen) atoms. The number of aromatic nitrogens is 2. The highest BCUT2D eigenvalue weighted by atomic mass is 35.5. The molecule has 0 amide bonds. The molecule has 0 saturated heterocycles. The molecule has 0 unspecified atom stereocenters. The van der Waals surface area contributed by atoms with Crippen LogP contribution in [0.15, 0.2) is 18.2 Å². The van der Waals surface area contributed by atoms with Gasteiger partial charge in [-0.3, -0.25) is 0 Å². The normalized spacial score (nSPS) is 10.5. The average molecular weight is 302 g/mol. The van der Waals surface area contributed by atoms with Crippen molar-refractivity contribution < 1.29 is 9.13 Å². The van der Waals surface area contributed by atoms with Crippen LogP contribution in [-0.2, 0) is 6.61 Å². The van der Waals surface area contributed by atoms with E-state index in [0.717, 1.165) is 23.7 Å². The Morgan fingerprint density at radius 1 is 1.47 bits per heavy atom. The lowest BCUT2D eigenvalue weighted by molar-refractivity contribution is 0.301. The first-order valence-electron chi connectivity index (χ1n) is 5.83. The number of anilines is 1. The smallest absolute Gasteiger partial charge is 0.138 e. The van der Waals surface area contributed by atoms with E-state index >= 15 is 0 Å². The second-order valence-corrected chi connectivity index (χ2v) is 5.00. The van der Waals surface area contributed by atoms with Gasteiger partial charge in [-0.25, -0.2) is 4.39 Å². The summed E-state index contributed by atoms with van der Waals surface area (Å²) < 4.78 is 22.3. The molecule has 0 radical (unpaired) electrons. The van der Waals surface area contributed by atoms with Crippen LogP contribution in [0.1, 0.15) is 19.0 Å². The monoisotopic (exact) mass is 301 g/mol. The number of rotatable bonds is 6. The molecule has 2 aromatic rings. The maximum atomic E-state index is 12.9. The maximum absolute atomic E-state index is 12.9. The van der Waals surface area contributed by atoms with Crippen molar-refractivity contribution in [1.82, 2.24) is 9.59 Å². The maximum Gasteiger partial charge on any atom is 0.138 e. The molecule has 0 aliphatic carbocycles. The number of benzene rings is 1. The van der Waals surface area contributed by atoms with Crippen LogP contribution in [0.2, 0.25) is 5.02 Å². The summed E-state index contributed by atoms with van der Waals surface area (Å²) in [5, 5.41) is 8.35. The van der Waals surface area contributed by atoms with E-state index < -0.39 is 5.82 Å². The molecule has 7 heteroatoms. The topological polar surface area (TPSA) is 47.0 Å². The number of halogens is 2. The van der Waals surface area contributed by atoms with Gasteiger partial charge in [0.05, 0.1) is 5.02 Å². The van der Waals surface area contributed by atoms with Crippen LogP contribution in [0.4, 0.5) is 9.39 Å². The van der Waals surface area contributed by atoms with E-state index in [1.165, 1.54) is 29.7 Å². The quantitative estimate of drug-likeness (QED) is 0.883. The first kappa shape index (κ1) is 14.0. The Morgan fingerprint density at radius 3 is 3.05 bits per heavy atom. The third kappa shape index (κ3) is 3.78. The molecule has 0 saturated carbocycles.